The van der Waals surface area contributed by atoms with Gasteiger partial charge >= 0.3 is 0 Å². The van der Waals surface area contributed by atoms with Crippen LogP contribution in [0.2, 0.25) is 0 Å². The lowest BCUT2D eigenvalue weighted by Gasteiger charge is -2.34. The molecule has 0 aromatic heterocycles. The van der Waals surface area contributed by atoms with Gasteiger partial charge in [0.15, 0.2) is 0 Å². The highest BCUT2D eigenvalue weighted by atomic mass is 32.2. The standard InChI is InChI=1S/C36H41N3O4S/c1-5-21-37-36(41)34(24-30-14-8-6-9-15-30)38(25-31-16-12-13-27(2)22-31)35(40)26-39(33-23-28(3)19-20-29(33)4)44(42,43)32-17-10-7-11-18-32/h6-20,22-23,34H,5,21,24-26H2,1-4H3,(H,37,41)/t34-/m1/s1. The van der Waals surface area contributed by atoms with Gasteiger partial charge in [0, 0.05) is 19.5 Å². The predicted molar refractivity (Wildman–Crippen MR) is 176 cm³/mol. The minimum absolute atomic E-state index is 0.0838. The molecular formula is C36H41N3O4S. The van der Waals surface area contributed by atoms with Crippen LogP contribution in [0.3, 0.4) is 0 Å². The molecule has 0 heterocycles. The molecule has 4 aromatic carbocycles. The van der Waals surface area contributed by atoms with E-state index >= 15 is 0 Å². The molecule has 0 spiro atoms. The number of rotatable bonds is 13. The Morgan fingerprint density at radius 1 is 0.773 bits per heavy atom. The Bertz CT molecular complexity index is 1670. The van der Waals surface area contributed by atoms with Gasteiger partial charge in [-0.3, -0.25) is 13.9 Å². The van der Waals surface area contributed by atoms with Gasteiger partial charge < -0.3 is 10.2 Å². The van der Waals surface area contributed by atoms with Gasteiger partial charge in [0.25, 0.3) is 10.0 Å². The molecule has 0 saturated heterocycles. The maximum Gasteiger partial charge on any atom is 0.264 e. The van der Waals surface area contributed by atoms with E-state index in [4.69, 9.17) is 0 Å². The Balaban J connectivity index is 1.82. The minimum Gasteiger partial charge on any atom is -0.354 e. The van der Waals surface area contributed by atoms with Crippen LogP contribution < -0.4 is 9.62 Å². The van der Waals surface area contributed by atoms with Gasteiger partial charge in [-0.15, -0.1) is 0 Å². The van der Waals surface area contributed by atoms with E-state index in [0.717, 1.165) is 34.2 Å². The molecule has 0 bridgehead atoms. The van der Waals surface area contributed by atoms with Crippen molar-refractivity contribution in [3.8, 4) is 0 Å². The normalized spacial score (nSPS) is 11.9. The van der Waals surface area contributed by atoms with Gasteiger partial charge in [-0.05, 0) is 67.6 Å². The number of carbonyl (C=O) groups is 2. The van der Waals surface area contributed by atoms with E-state index < -0.39 is 28.5 Å². The second kappa shape index (κ2) is 14.8. The van der Waals surface area contributed by atoms with Crippen LogP contribution in [-0.4, -0.2) is 44.3 Å². The van der Waals surface area contributed by atoms with Gasteiger partial charge in [0.05, 0.1) is 10.6 Å². The average molecular weight is 612 g/mol. The van der Waals surface area contributed by atoms with E-state index in [1.165, 1.54) is 21.3 Å². The highest BCUT2D eigenvalue weighted by molar-refractivity contribution is 7.92. The van der Waals surface area contributed by atoms with Crippen molar-refractivity contribution in [2.75, 3.05) is 17.4 Å². The summed E-state index contributed by atoms with van der Waals surface area (Å²) in [5, 5.41) is 2.98. The molecule has 0 radical (unpaired) electrons. The summed E-state index contributed by atoms with van der Waals surface area (Å²) in [5.74, 6) is -0.750. The van der Waals surface area contributed by atoms with Gasteiger partial charge in [-0.2, -0.15) is 0 Å². The third kappa shape index (κ3) is 8.14. The largest absolute Gasteiger partial charge is 0.354 e. The topological polar surface area (TPSA) is 86.8 Å². The van der Waals surface area contributed by atoms with Crippen LogP contribution in [0.4, 0.5) is 5.69 Å². The molecule has 0 fully saturated rings. The Morgan fingerprint density at radius 3 is 2.07 bits per heavy atom. The predicted octanol–water partition coefficient (Wildman–Crippen LogP) is 5.97. The molecule has 0 unspecified atom stereocenters. The first kappa shape index (κ1) is 32.5. The van der Waals surface area contributed by atoms with Crippen LogP contribution in [0, 0.1) is 20.8 Å². The molecule has 44 heavy (non-hydrogen) atoms. The van der Waals surface area contributed by atoms with Crippen LogP contribution in [0.1, 0.15) is 41.2 Å². The zero-order chi connectivity index (χ0) is 31.7. The molecular weight excluding hydrogens is 570 g/mol. The van der Waals surface area contributed by atoms with Crippen LogP contribution in [-0.2, 0) is 32.6 Å². The first-order valence-electron chi connectivity index (χ1n) is 14.9. The van der Waals surface area contributed by atoms with Crippen molar-refractivity contribution in [1.29, 1.82) is 0 Å². The van der Waals surface area contributed by atoms with E-state index in [0.29, 0.717) is 12.2 Å². The maximum absolute atomic E-state index is 14.5. The van der Waals surface area contributed by atoms with Gasteiger partial charge in [0.1, 0.15) is 12.6 Å². The van der Waals surface area contributed by atoms with Crippen molar-refractivity contribution in [2.45, 2.75) is 58.0 Å². The van der Waals surface area contributed by atoms with Gasteiger partial charge in [-0.1, -0.05) is 97.4 Å². The maximum atomic E-state index is 14.5. The fourth-order valence-corrected chi connectivity index (χ4v) is 6.64. The summed E-state index contributed by atoms with van der Waals surface area (Å²) >= 11 is 0. The zero-order valence-corrected chi connectivity index (χ0v) is 26.7. The fourth-order valence-electron chi connectivity index (χ4n) is 5.15. The second-order valence-corrected chi connectivity index (χ2v) is 13.0. The van der Waals surface area contributed by atoms with Crippen LogP contribution in [0.5, 0.6) is 0 Å². The molecule has 4 aromatic rings. The van der Waals surface area contributed by atoms with Gasteiger partial charge in [-0.25, -0.2) is 8.42 Å². The molecule has 0 aliphatic heterocycles. The number of anilines is 1. The minimum atomic E-state index is -4.14. The van der Waals surface area contributed by atoms with Crippen molar-refractivity contribution in [3.63, 3.8) is 0 Å². The molecule has 230 valence electrons. The molecule has 0 saturated carbocycles. The summed E-state index contributed by atoms with van der Waals surface area (Å²) in [6, 6.07) is 30.1. The van der Waals surface area contributed by atoms with Crippen molar-refractivity contribution >= 4 is 27.5 Å². The Kier molecular flexibility index (Phi) is 11.0. The summed E-state index contributed by atoms with van der Waals surface area (Å²) in [4.78, 5) is 29.9. The van der Waals surface area contributed by atoms with Crippen LogP contribution in [0.25, 0.3) is 0 Å². The third-order valence-corrected chi connectivity index (χ3v) is 9.27. The lowest BCUT2D eigenvalue weighted by molar-refractivity contribution is -0.140. The molecule has 1 atom stereocenters. The lowest BCUT2D eigenvalue weighted by atomic mass is 10.0. The first-order valence-corrected chi connectivity index (χ1v) is 16.4. The molecule has 1 N–H and O–H groups in total. The molecule has 7 nitrogen and oxygen atoms in total. The number of carbonyl (C=O) groups excluding carboxylic acids is 2. The Labute approximate surface area is 261 Å². The number of benzene rings is 4. The first-order chi connectivity index (χ1) is 21.1. The average Bonchev–Trinajstić information content (AvgIpc) is 3.02. The quantitative estimate of drug-likeness (QED) is 0.202. The van der Waals surface area contributed by atoms with Crippen LogP contribution in [0.15, 0.2) is 108 Å². The number of hydrogen-bond acceptors (Lipinski definition) is 4. The summed E-state index contributed by atoms with van der Waals surface area (Å²) in [6.45, 7) is 7.79. The van der Waals surface area contributed by atoms with Gasteiger partial charge in [0.2, 0.25) is 11.8 Å². The monoisotopic (exact) mass is 611 g/mol. The molecule has 8 heteroatoms. The molecule has 0 aliphatic rings. The number of aryl methyl sites for hydroxylation is 3. The number of sulfonamides is 1. The summed E-state index contributed by atoms with van der Waals surface area (Å²) in [5.41, 5.74) is 4.78. The highest BCUT2D eigenvalue weighted by Gasteiger charge is 2.35. The molecule has 0 aliphatic carbocycles. The van der Waals surface area contributed by atoms with E-state index in [2.05, 4.69) is 5.32 Å². The Hall–Kier alpha value is -4.43. The number of amides is 2. The third-order valence-electron chi connectivity index (χ3n) is 7.50. The number of nitrogens with zero attached hydrogens (tertiary/aromatic N) is 2. The van der Waals surface area contributed by atoms with Crippen molar-refractivity contribution in [2.24, 2.45) is 0 Å². The number of hydrogen-bond donors (Lipinski definition) is 1. The van der Waals surface area contributed by atoms with Crippen LogP contribution >= 0.6 is 0 Å². The van der Waals surface area contributed by atoms with E-state index in [1.807, 2.05) is 94.4 Å². The fraction of sp³-hybridized carbons (Fsp3) is 0.278. The summed E-state index contributed by atoms with van der Waals surface area (Å²) < 4.78 is 29.5. The number of nitrogens with one attached hydrogen (secondary N) is 1. The highest BCUT2D eigenvalue weighted by Crippen LogP contribution is 2.29. The molecule has 2 amide bonds. The van der Waals surface area contributed by atoms with Crippen molar-refractivity contribution < 1.29 is 18.0 Å². The smallest absolute Gasteiger partial charge is 0.264 e. The summed E-state index contributed by atoms with van der Waals surface area (Å²) in [7, 11) is -4.14. The van der Waals surface area contributed by atoms with E-state index in [1.54, 1.807) is 24.3 Å². The zero-order valence-electron chi connectivity index (χ0n) is 25.9. The Morgan fingerprint density at radius 2 is 1.41 bits per heavy atom. The van der Waals surface area contributed by atoms with Crippen molar-refractivity contribution in [1.82, 2.24) is 10.2 Å². The van der Waals surface area contributed by atoms with E-state index in [9.17, 15) is 18.0 Å². The SMILES string of the molecule is CCCNC(=O)[C@@H](Cc1ccccc1)N(Cc1cccc(C)c1)C(=O)CN(c1cc(C)ccc1C)S(=O)(=O)c1ccccc1. The molecule has 4 rings (SSSR count). The van der Waals surface area contributed by atoms with Crippen molar-refractivity contribution in [3.05, 3.63) is 131 Å². The lowest BCUT2D eigenvalue weighted by Crippen LogP contribution is -2.53. The summed E-state index contributed by atoms with van der Waals surface area (Å²) in [6.07, 6.45) is 1.02. The van der Waals surface area contributed by atoms with E-state index in [-0.39, 0.29) is 23.8 Å². The second-order valence-electron chi connectivity index (χ2n) is 11.1.